The molecule has 1 unspecified atom stereocenters. The molecule has 1 aromatic carbocycles. The van der Waals surface area contributed by atoms with Crippen LogP contribution >= 0.6 is 9.24 Å². The van der Waals surface area contributed by atoms with Crippen LogP contribution in [0.25, 0.3) is 0 Å². The number of hydrogen-bond acceptors (Lipinski definition) is 3. The highest BCUT2D eigenvalue weighted by atomic mass is 32.2. The Hall–Kier alpha value is -0.440. The van der Waals surface area contributed by atoms with Crippen molar-refractivity contribution in [2.75, 3.05) is 12.8 Å². The van der Waals surface area contributed by atoms with Gasteiger partial charge in [-0.2, -0.15) is 8.42 Å². The Morgan fingerprint density at radius 1 is 0.800 bits per heavy atom. The Kier molecular flexibility index (Phi) is 16.7. The predicted octanol–water partition coefficient (Wildman–Crippen LogP) is 6.19. The molecule has 0 aliphatic heterocycles. The lowest BCUT2D eigenvalue weighted by molar-refractivity contribution is 0.306. The van der Waals surface area contributed by atoms with Crippen molar-refractivity contribution in [3.63, 3.8) is 0 Å². The Morgan fingerprint density at radius 3 is 1.80 bits per heavy atom. The van der Waals surface area contributed by atoms with Gasteiger partial charge in [-0.1, -0.05) is 89.8 Å². The van der Waals surface area contributed by atoms with Crippen LogP contribution in [0.15, 0.2) is 35.2 Å². The largest absolute Gasteiger partial charge is 0.296 e. The molecule has 0 heterocycles. The van der Waals surface area contributed by atoms with Crippen LogP contribution < -0.4 is 0 Å². The van der Waals surface area contributed by atoms with Crippen molar-refractivity contribution < 1.29 is 12.6 Å². The quantitative estimate of drug-likeness (QED) is 0.230. The van der Waals surface area contributed by atoms with Crippen molar-refractivity contribution in [3.05, 3.63) is 30.3 Å². The molecule has 0 amide bonds. The molecule has 25 heavy (non-hydrogen) atoms. The Bertz CT molecular complexity index is 487. The highest BCUT2D eigenvalue weighted by molar-refractivity contribution is 7.86. The summed E-state index contributed by atoms with van der Waals surface area (Å²) >= 11 is 0. The van der Waals surface area contributed by atoms with E-state index < -0.39 is 10.1 Å². The van der Waals surface area contributed by atoms with Crippen LogP contribution in [0.4, 0.5) is 0 Å². The first-order valence-corrected chi connectivity index (χ1v) is 12.0. The second kappa shape index (κ2) is 17.0. The third-order valence-electron chi connectivity index (χ3n) is 3.83. The molecule has 0 aliphatic rings. The predicted molar refractivity (Wildman–Crippen MR) is 112 cm³/mol. The molecule has 0 spiro atoms. The summed E-state index contributed by atoms with van der Waals surface area (Å²) in [6, 6.07) is 8.31. The van der Waals surface area contributed by atoms with E-state index in [-0.39, 0.29) is 11.5 Å². The second-order valence-corrected chi connectivity index (χ2v) is 8.40. The SMILES string of the molecule is CCCCCCCCCCOS(=O)(=O)c1ccccc1.CCCCP. The van der Waals surface area contributed by atoms with Gasteiger partial charge in [-0.25, -0.2) is 0 Å². The van der Waals surface area contributed by atoms with Gasteiger partial charge in [0.05, 0.1) is 11.5 Å². The van der Waals surface area contributed by atoms with Gasteiger partial charge >= 0.3 is 0 Å². The molecule has 0 saturated carbocycles. The van der Waals surface area contributed by atoms with Gasteiger partial charge in [0.1, 0.15) is 0 Å². The van der Waals surface area contributed by atoms with Crippen LogP contribution in [0.5, 0.6) is 0 Å². The van der Waals surface area contributed by atoms with Gasteiger partial charge in [-0.15, -0.1) is 9.24 Å². The number of unbranched alkanes of at least 4 members (excludes halogenated alkanes) is 8. The highest BCUT2D eigenvalue weighted by Gasteiger charge is 2.13. The van der Waals surface area contributed by atoms with Gasteiger partial charge in [0, 0.05) is 0 Å². The Labute approximate surface area is 158 Å². The monoisotopic (exact) mass is 388 g/mol. The van der Waals surface area contributed by atoms with Crippen molar-refractivity contribution in [2.24, 2.45) is 0 Å². The summed E-state index contributed by atoms with van der Waals surface area (Å²) in [5.41, 5.74) is 0. The van der Waals surface area contributed by atoms with Gasteiger partial charge in [0.25, 0.3) is 10.1 Å². The molecule has 0 saturated heterocycles. The first-order chi connectivity index (χ1) is 12.1. The molecule has 1 aromatic rings. The molecule has 0 aromatic heterocycles. The molecule has 0 fully saturated rings. The third kappa shape index (κ3) is 14.4. The van der Waals surface area contributed by atoms with E-state index in [1.807, 2.05) is 0 Å². The van der Waals surface area contributed by atoms with E-state index in [4.69, 9.17) is 4.18 Å². The van der Waals surface area contributed by atoms with Crippen LogP contribution in [-0.2, 0) is 14.3 Å². The molecule has 0 aliphatic carbocycles. The standard InChI is InChI=1S/C16H26O3S.C4H11P/c1-2-3-4-5-6-7-8-12-15-19-20(17,18)16-13-10-9-11-14-16;1-2-3-4-5/h9-11,13-14H,2-8,12,15H2,1H3;2-5H2,1H3. The van der Waals surface area contributed by atoms with Gasteiger partial charge in [-0.05, 0) is 24.7 Å². The first kappa shape index (κ1) is 24.6. The minimum atomic E-state index is -3.57. The summed E-state index contributed by atoms with van der Waals surface area (Å²) in [5, 5.41) is 0. The van der Waals surface area contributed by atoms with Crippen molar-refractivity contribution >= 4 is 19.4 Å². The maximum Gasteiger partial charge on any atom is 0.296 e. The maximum atomic E-state index is 11.8. The smallest absolute Gasteiger partial charge is 0.266 e. The molecule has 5 heteroatoms. The van der Waals surface area contributed by atoms with E-state index in [0.29, 0.717) is 0 Å². The Balaban J connectivity index is 0.00000101. The highest BCUT2D eigenvalue weighted by Crippen LogP contribution is 2.13. The molecule has 146 valence electrons. The summed E-state index contributed by atoms with van der Waals surface area (Å²) in [6.07, 6.45) is 13.4. The molecule has 1 atom stereocenters. The fourth-order valence-corrected chi connectivity index (χ4v) is 3.64. The van der Waals surface area contributed by atoms with E-state index in [1.54, 1.807) is 30.3 Å². The lowest BCUT2D eigenvalue weighted by Crippen LogP contribution is -2.07. The van der Waals surface area contributed by atoms with E-state index in [0.717, 1.165) is 12.8 Å². The number of rotatable bonds is 13. The lowest BCUT2D eigenvalue weighted by Gasteiger charge is -2.05. The normalized spacial score (nSPS) is 11.0. The van der Waals surface area contributed by atoms with E-state index in [9.17, 15) is 8.42 Å². The molecule has 0 radical (unpaired) electrons. The minimum Gasteiger partial charge on any atom is -0.266 e. The van der Waals surface area contributed by atoms with E-state index >= 15 is 0 Å². The molecular weight excluding hydrogens is 351 g/mol. The summed E-state index contributed by atoms with van der Waals surface area (Å²) in [4.78, 5) is 0.236. The summed E-state index contributed by atoms with van der Waals surface area (Å²) in [5.74, 6) is 0. The average molecular weight is 389 g/mol. The molecule has 3 nitrogen and oxygen atoms in total. The van der Waals surface area contributed by atoms with Crippen LogP contribution in [0.1, 0.15) is 78.1 Å². The maximum absolute atomic E-state index is 11.8. The van der Waals surface area contributed by atoms with Crippen LogP contribution in [0, 0.1) is 0 Å². The molecule has 0 bridgehead atoms. The van der Waals surface area contributed by atoms with Gasteiger partial charge < -0.3 is 0 Å². The van der Waals surface area contributed by atoms with Crippen LogP contribution in [0.3, 0.4) is 0 Å². The van der Waals surface area contributed by atoms with E-state index in [2.05, 4.69) is 23.1 Å². The van der Waals surface area contributed by atoms with Gasteiger partial charge in [-0.3, -0.25) is 4.18 Å². The zero-order valence-electron chi connectivity index (χ0n) is 16.1. The lowest BCUT2D eigenvalue weighted by atomic mass is 10.1. The third-order valence-corrected chi connectivity index (χ3v) is 5.56. The topological polar surface area (TPSA) is 43.4 Å². The molecular formula is C20H37O3PS. The van der Waals surface area contributed by atoms with Crippen LogP contribution in [-0.4, -0.2) is 21.2 Å². The average Bonchev–Trinajstić information content (AvgIpc) is 2.62. The zero-order chi connectivity index (χ0) is 18.8. The molecule has 1 rings (SSSR count). The van der Waals surface area contributed by atoms with E-state index in [1.165, 1.54) is 57.5 Å². The fraction of sp³-hybridized carbons (Fsp3) is 0.700. The number of benzene rings is 1. The second-order valence-electron chi connectivity index (χ2n) is 6.21. The summed E-state index contributed by atoms with van der Waals surface area (Å²) in [7, 11) is -0.865. The zero-order valence-corrected chi connectivity index (χ0v) is 18.1. The summed E-state index contributed by atoms with van der Waals surface area (Å²) in [6.45, 7) is 4.70. The number of hydrogen-bond donors (Lipinski definition) is 0. The van der Waals surface area contributed by atoms with Crippen molar-refractivity contribution in [2.45, 2.75) is 83.0 Å². The molecule has 0 N–H and O–H groups in total. The minimum absolute atomic E-state index is 0.236. The van der Waals surface area contributed by atoms with Gasteiger partial charge in [0.15, 0.2) is 0 Å². The van der Waals surface area contributed by atoms with Crippen molar-refractivity contribution in [3.8, 4) is 0 Å². The van der Waals surface area contributed by atoms with Crippen molar-refractivity contribution in [1.82, 2.24) is 0 Å². The Morgan fingerprint density at radius 2 is 1.32 bits per heavy atom. The van der Waals surface area contributed by atoms with Crippen molar-refractivity contribution in [1.29, 1.82) is 0 Å². The fourth-order valence-electron chi connectivity index (χ4n) is 2.26. The van der Waals surface area contributed by atoms with Crippen LogP contribution in [0.2, 0.25) is 0 Å². The summed E-state index contributed by atoms with van der Waals surface area (Å²) < 4.78 is 28.7. The first-order valence-electron chi connectivity index (χ1n) is 9.73. The van der Waals surface area contributed by atoms with Gasteiger partial charge in [0.2, 0.25) is 0 Å².